The van der Waals surface area contributed by atoms with E-state index in [0.29, 0.717) is 0 Å². The summed E-state index contributed by atoms with van der Waals surface area (Å²) < 4.78 is 5.10. The molecule has 0 aromatic rings. The van der Waals surface area contributed by atoms with Crippen molar-refractivity contribution in [2.75, 3.05) is 5.88 Å². The van der Waals surface area contributed by atoms with Crippen LogP contribution in [-0.2, 0) is 9.22 Å². The molecule has 10 heavy (non-hydrogen) atoms. The third-order valence-corrected chi connectivity index (χ3v) is 4.05. The summed E-state index contributed by atoms with van der Waals surface area (Å²) in [6.07, 6.45) is 0. The first-order chi connectivity index (χ1) is 4.52. The number of carbonyl (C=O) groups excluding carboxylic acids is 1. The van der Waals surface area contributed by atoms with Crippen LogP contribution in [0.5, 0.6) is 0 Å². The molecular formula is C6H13ClO2Si. The Morgan fingerprint density at radius 3 is 2.40 bits per heavy atom. The zero-order valence-corrected chi connectivity index (χ0v) is 8.36. The Bertz CT molecular complexity index is 125. The van der Waals surface area contributed by atoms with Crippen LogP contribution >= 0.6 is 11.6 Å². The lowest BCUT2D eigenvalue weighted by atomic mass is 10.8. The highest BCUT2D eigenvalue weighted by Gasteiger charge is 2.23. The average molecular weight is 181 g/mol. The fraction of sp³-hybridized carbons (Fsp3) is 0.833. The molecule has 0 spiro atoms. The third-order valence-electron chi connectivity index (χ3n) is 1.35. The van der Waals surface area contributed by atoms with E-state index in [9.17, 15) is 4.79 Å². The molecule has 0 bridgehead atoms. The van der Waals surface area contributed by atoms with E-state index in [1.807, 2.05) is 20.0 Å². The van der Waals surface area contributed by atoms with Gasteiger partial charge in [-0.15, -0.1) is 11.6 Å². The normalized spacial score (nSPS) is 11.2. The molecule has 0 rings (SSSR count). The van der Waals surface area contributed by atoms with E-state index in [1.54, 1.807) is 0 Å². The first-order valence-corrected chi connectivity index (χ1v) is 6.94. The van der Waals surface area contributed by atoms with Crippen molar-refractivity contribution in [2.45, 2.75) is 26.1 Å². The Hall–Kier alpha value is -0.0231. The molecular weight excluding hydrogens is 168 g/mol. The second kappa shape index (κ2) is 3.98. The Kier molecular flexibility index (Phi) is 3.97. The van der Waals surface area contributed by atoms with E-state index in [1.165, 1.54) is 0 Å². The Labute approximate surface area is 67.6 Å². The van der Waals surface area contributed by atoms with Crippen LogP contribution < -0.4 is 0 Å². The maximum Gasteiger partial charge on any atom is 0.307 e. The zero-order chi connectivity index (χ0) is 8.20. The second-order valence-electron chi connectivity index (χ2n) is 2.72. The van der Waals surface area contributed by atoms with E-state index >= 15 is 0 Å². The maximum atomic E-state index is 10.7. The van der Waals surface area contributed by atoms with Crippen molar-refractivity contribution < 1.29 is 9.22 Å². The van der Waals surface area contributed by atoms with Gasteiger partial charge in [0.2, 0.25) is 8.32 Å². The Morgan fingerprint density at radius 1 is 1.60 bits per heavy atom. The van der Waals surface area contributed by atoms with Gasteiger partial charge in [-0.1, -0.05) is 6.92 Å². The van der Waals surface area contributed by atoms with Crippen molar-refractivity contribution in [3.8, 4) is 0 Å². The summed E-state index contributed by atoms with van der Waals surface area (Å²) in [5.74, 6) is -0.323. The Morgan fingerprint density at radius 2 is 2.10 bits per heavy atom. The Balaban J connectivity index is 3.76. The SMILES string of the molecule is CC[Si](C)(C)OC(=O)CCl. The van der Waals surface area contributed by atoms with Gasteiger partial charge in [0.05, 0.1) is 0 Å². The number of alkyl halides is 1. The fourth-order valence-electron chi connectivity index (χ4n) is 0.408. The number of hydrogen-bond donors (Lipinski definition) is 0. The van der Waals surface area contributed by atoms with Crippen LogP contribution in [0.4, 0.5) is 0 Å². The number of halogens is 1. The number of hydrogen-bond acceptors (Lipinski definition) is 2. The smallest absolute Gasteiger partial charge is 0.307 e. The van der Waals surface area contributed by atoms with Crippen molar-refractivity contribution in [1.29, 1.82) is 0 Å². The van der Waals surface area contributed by atoms with Crippen LogP contribution in [0.2, 0.25) is 19.1 Å². The van der Waals surface area contributed by atoms with Crippen LogP contribution in [0.25, 0.3) is 0 Å². The van der Waals surface area contributed by atoms with Gasteiger partial charge in [-0.05, 0) is 19.1 Å². The molecule has 0 heterocycles. The molecule has 0 aliphatic heterocycles. The van der Waals surface area contributed by atoms with Crippen LogP contribution in [0, 0.1) is 0 Å². The standard InChI is InChI=1S/C6H13ClO2Si/c1-4-10(2,3)9-6(8)5-7/h4-5H2,1-3H3. The van der Waals surface area contributed by atoms with E-state index in [0.717, 1.165) is 6.04 Å². The highest BCUT2D eigenvalue weighted by molar-refractivity contribution is 6.72. The van der Waals surface area contributed by atoms with Gasteiger partial charge in [-0.25, -0.2) is 0 Å². The van der Waals surface area contributed by atoms with Crippen LogP contribution in [0.3, 0.4) is 0 Å². The highest BCUT2D eigenvalue weighted by Crippen LogP contribution is 2.09. The van der Waals surface area contributed by atoms with Crippen molar-refractivity contribution in [1.82, 2.24) is 0 Å². The minimum absolute atomic E-state index is 0.0313. The maximum absolute atomic E-state index is 10.7. The lowest BCUT2D eigenvalue weighted by molar-refractivity contribution is -0.132. The molecule has 0 radical (unpaired) electrons. The molecule has 0 fully saturated rings. The summed E-state index contributed by atoms with van der Waals surface area (Å²) in [5.41, 5.74) is 0. The molecule has 0 saturated heterocycles. The minimum atomic E-state index is -1.70. The predicted octanol–water partition coefficient (Wildman–Crippen LogP) is 1.99. The summed E-state index contributed by atoms with van der Waals surface area (Å²) >= 11 is 5.26. The van der Waals surface area contributed by atoms with Crippen molar-refractivity contribution in [3.63, 3.8) is 0 Å². The van der Waals surface area contributed by atoms with Gasteiger partial charge in [0.15, 0.2) is 0 Å². The van der Waals surface area contributed by atoms with E-state index in [2.05, 4.69) is 0 Å². The molecule has 0 aliphatic rings. The van der Waals surface area contributed by atoms with Gasteiger partial charge in [0, 0.05) is 0 Å². The summed E-state index contributed by atoms with van der Waals surface area (Å²) in [6, 6.07) is 0.940. The van der Waals surface area contributed by atoms with Crippen LogP contribution in [-0.4, -0.2) is 20.2 Å². The van der Waals surface area contributed by atoms with E-state index in [-0.39, 0.29) is 11.8 Å². The van der Waals surface area contributed by atoms with Crippen molar-refractivity contribution in [2.24, 2.45) is 0 Å². The van der Waals surface area contributed by atoms with Gasteiger partial charge >= 0.3 is 5.97 Å². The molecule has 0 N–H and O–H groups in total. The summed E-state index contributed by atoms with van der Waals surface area (Å²) in [4.78, 5) is 10.7. The quantitative estimate of drug-likeness (QED) is 0.491. The summed E-state index contributed by atoms with van der Waals surface area (Å²) in [6.45, 7) is 6.02. The summed E-state index contributed by atoms with van der Waals surface area (Å²) in [7, 11) is -1.70. The van der Waals surface area contributed by atoms with E-state index in [4.69, 9.17) is 16.0 Å². The summed E-state index contributed by atoms with van der Waals surface area (Å²) in [5, 5.41) is 0. The third kappa shape index (κ3) is 3.90. The lowest BCUT2D eigenvalue weighted by Crippen LogP contribution is -2.32. The molecule has 0 aliphatic carbocycles. The van der Waals surface area contributed by atoms with Gasteiger partial charge in [0.1, 0.15) is 5.88 Å². The molecule has 0 saturated carbocycles. The molecule has 0 unspecified atom stereocenters. The largest absolute Gasteiger partial charge is 0.519 e. The first-order valence-electron chi connectivity index (χ1n) is 3.29. The molecule has 0 atom stereocenters. The average Bonchev–Trinajstić information content (AvgIpc) is 1.87. The van der Waals surface area contributed by atoms with Crippen molar-refractivity contribution in [3.05, 3.63) is 0 Å². The predicted molar refractivity (Wildman–Crippen MR) is 44.8 cm³/mol. The van der Waals surface area contributed by atoms with Crippen LogP contribution in [0.15, 0.2) is 0 Å². The number of rotatable bonds is 3. The molecule has 2 nitrogen and oxygen atoms in total. The molecule has 0 aromatic carbocycles. The second-order valence-corrected chi connectivity index (χ2v) is 7.42. The highest BCUT2D eigenvalue weighted by atomic mass is 35.5. The number of carbonyl (C=O) groups is 1. The molecule has 0 amide bonds. The molecule has 0 aromatic heterocycles. The first kappa shape index (κ1) is 9.98. The minimum Gasteiger partial charge on any atom is -0.519 e. The lowest BCUT2D eigenvalue weighted by Gasteiger charge is -2.19. The van der Waals surface area contributed by atoms with E-state index < -0.39 is 8.32 Å². The molecule has 60 valence electrons. The van der Waals surface area contributed by atoms with Gasteiger partial charge < -0.3 is 4.43 Å². The topological polar surface area (TPSA) is 26.3 Å². The zero-order valence-electron chi connectivity index (χ0n) is 6.61. The van der Waals surface area contributed by atoms with Crippen LogP contribution in [0.1, 0.15) is 6.92 Å². The van der Waals surface area contributed by atoms with Crippen molar-refractivity contribution >= 4 is 25.9 Å². The fourth-order valence-corrected chi connectivity index (χ4v) is 1.39. The monoisotopic (exact) mass is 180 g/mol. The van der Waals surface area contributed by atoms with Gasteiger partial charge in [-0.2, -0.15) is 0 Å². The van der Waals surface area contributed by atoms with Gasteiger partial charge in [0.25, 0.3) is 0 Å². The van der Waals surface area contributed by atoms with Gasteiger partial charge in [-0.3, -0.25) is 4.79 Å². The molecule has 4 heteroatoms.